The molecule has 0 aliphatic carbocycles. The van der Waals surface area contributed by atoms with Crippen LogP contribution in [0.5, 0.6) is 0 Å². The van der Waals surface area contributed by atoms with Crippen molar-refractivity contribution >= 4 is 38.5 Å². The summed E-state index contributed by atoms with van der Waals surface area (Å²) < 4.78 is 41.1. The van der Waals surface area contributed by atoms with Crippen LogP contribution in [0.1, 0.15) is 10.4 Å². The van der Waals surface area contributed by atoms with E-state index in [0.29, 0.717) is 5.56 Å². The van der Waals surface area contributed by atoms with Gasteiger partial charge in [-0.25, -0.2) is 12.8 Å². The highest BCUT2D eigenvalue weighted by atomic mass is 127. The zero-order chi connectivity index (χ0) is 18.0. The van der Waals surface area contributed by atoms with Crippen molar-refractivity contribution in [2.45, 2.75) is 4.90 Å². The maximum Gasteiger partial charge on any atom is 0.255 e. The first kappa shape index (κ1) is 18.3. The lowest BCUT2D eigenvalue weighted by Gasteiger charge is -2.34. The molecule has 5 nitrogen and oxygen atoms in total. The number of hydrogen-bond acceptors (Lipinski definition) is 3. The molecule has 0 spiro atoms. The number of carbonyl (C=O) groups excluding carboxylic acids is 1. The molecule has 132 valence electrons. The van der Waals surface area contributed by atoms with E-state index in [1.807, 2.05) is 12.1 Å². The molecule has 0 N–H and O–H groups in total. The summed E-state index contributed by atoms with van der Waals surface area (Å²) >= 11 is 2.10. The fourth-order valence-corrected chi connectivity index (χ4v) is 4.83. The Morgan fingerprint density at radius 1 is 0.960 bits per heavy atom. The van der Waals surface area contributed by atoms with Crippen LogP contribution < -0.4 is 0 Å². The predicted octanol–water partition coefficient (Wildman–Crippen LogP) is 2.58. The number of sulfonamides is 1. The molecule has 25 heavy (non-hydrogen) atoms. The Morgan fingerprint density at radius 2 is 1.56 bits per heavy atom. The molecule has 3 rings (SSSR count). The van der Waals surface area contributed by atoms with Crippen LogP contribution >= 0.6 is 22.6 Å². The Morgan fingerprint density at radius 3 is 2.20 bits per heavy atom. The molecule has 1 amide bonds. The van der Waals surface area contributed by atoms with Crippen LogP contribution in [-0.2, 0) is 10.0 Å². The third kappa shape index (κ3) is 3.70. The molecule has 0 radical (unpaired) electrons. The number of hydrogen-bond donors (Lipinski definition) is 0. The van der Waals surface area contributed by atoms with Crippen molar-refractivity contribution in [3.05, 3.63) is 63.5 Å². The Hall–Kier alpha value is -1.52. The third-order valence-electron chi connectivity index (χ3n) is 4.08. The van der Waals surface area contributed by atoms with Gasteiger partial charge in [0, 0.05) is 29.7 Å². The maximum atomic E-state index is 13.8. The summed E-state index contributed by atoms with van der Waals surface area (Å²) in [5.74, 6) is -0.882. The SMILES string of the molecule is O=C(c1ccccc1I)N1CCN(S(=O)(=O)c2ccccc2F)CC1. The summed E-state index contributed by atoms with van der Waals surface area (Å²) in [7, 11) is -3.90. The standard InChI is InChI=1S/C17H16FIN2O3S/c18-14-6-2-4-8-16(14)25(23,24)21-11-9-20(10-12-21)17(22)13-5-1-3-7-15(13)19/h1-8H,9-12H2. The lowest BCUT2D eigenvalue weighted by molar-refractivity contribution is 0.0696. The second-order valence-electron chi connectivity index (χ2n) is 5.61. The van der Waals surface area contributed by atoms with Gasteiger partial charge in [-0.3, -0.25) is 4.79 Å². The number of halogens is 2. The van der Waals surface area contributed by atoms with Crippen LogP contribution in [0.3, 0.4) is 0 Å². The fraction of sp³-hybridized carbons (Fsp3) is 0.235. The molecular weight excluding hydrogens is 458 g/mol. The topological polar surface area (TPSA) is 57.7 Å². The van der Waals surface area contributed by atoms with Gasteiger partial charge in [0.15, 0.2) is 0 Å². The highest BCUT2D eigenvalue weighted by molar-refractivity contribution is 14.1. The third-order valence-corrected chi connectivity index (χ3v) is 6.96. The van der Waals surface area contributed by atoms with E-state index in [0.717, 1.165) is 9.64 Å². The van der Waals surface area contributed by atoms with E-state index in [9.17, 15) is 17.6 Å². The van der Waals surface area contributed by atoms with Gasteiger partial charge in [-0.2, -0.15) is 4.31 Å². The average molecular weight is 474 g/mol. The van der Waals surface area contributed by atoms with E-state index >= 15 is 0 Å². The van der Waals surface area contributed by atoms with Crippen molar-refractivity contribution in [1.29, 1.82) is 0 Å². The fourth-order valence-electron chi connectivity index (χ4n) is 2.73. The minimum absolute atomic E-state index is 0.118. The van der Waals surface area contributed by atoms with Crippen LogP contribution in [0, 0.1) is 9.39 Å². The zero-order valence-corrected chi connectivity index (χ0v) is 16.2. The number of benzene rings is 2. The van der Waals surface area contributed by atoms with E-state index < -0.39 is 15.8 Å². The second-order valence-corrected chi connectivity index (χ2v) is 8.68. The summed E-state index contributed by atoms with van der Waals surface area (Å²) in [6, 6.07) is 12.6. The van der Waals surface area contributed by atoms with E-state index in [4.69, 9.17) is 0 Å². The molecule has 8 heteroatoms. The number of rotatable bonds is 3. The molecule has 0 unspecified atom stereocenters. The zero-order valence-electron chi connectivity index (χ0n) is 13.2. The molecule has 1 heterocycles. The highest BCUT2D eigenvalue weighted by Gasteiger charge is 2.32. The largest absolute Gasteiger partial charge is 0.336 e. The molecule has 0 saturated carbocycles. The van der Waals surface area contributed by atoms with Gasteiger partial charge < -0.3 is 4.90 Å². The van der Waals surface area contributed by atoms with Gasteiger partial charge >= 0.3 is 0 Å². The summed E-state index contributed by atoms with van der Waals surface area (Å²) in [6.45, 7) is 0.840. The van der Waals surface area contributed by atoms with Crippen molar-refractivity contribution in [3.63, 3.8) is 0 Å². The van der Waals surface area contributed by atoms with Crippen LogP contribution in [0.25, 0.3) is 0 Å². The first-order valence-corrected chi connectivity index (χ1v) is 10.2. The molecule has 1 aliphatic heterocycles. The Balaban J connectivity index is 1.73. The van der Waals surface area contributed by atoms with Crippen molar-refractivity contribution in [3.8, 4) is 0 Å². The van der Waals surface area contributed by atoms with Crippen molar-refractivity contribution in [2.75, 3.05) is 26.2 Å². The predicted molar refractivity (Wildman–Crippen MR) is 100 cm³/mol. The van der Waals surface area contributed by atoms with Crippen LogP contribution in [-0.4, -0.2) is 49.7 Å². The first-order chi connectivity index (χ1) is 11.9. The first-order valence-electron chi connectivity index (χ1n) is 7.70. The molecule has 2 aromatic carbocycles. The molecule has 0 bridgehead atoms. The van der Waals surface area contributed by atoms with Gasteiger partial charge in [0.1, 0.15) is 10.7 Å². The summed E-state index contributed by atoms with van der Waals surface area (Å²) in [4.78, 5) is 13.9. The Labute approximate surface area is 159 Å². The van der Waals surface area contributed by atoms with Crippen LogP contribution in [0.15, 0.2) is 53.4 Å². The van der Waals surface area contributed by atoms with E-state index in [1.165, 1.54) is 22.5 Å². The molecule has 0 atom stereocenters. The molecular formula is C17H16FIN2O3S. The van der Waals surface area contributed by atoms with E-state index in [1.54, 1.807) is 17.0 Å². The number of nitrogens with zero attached hydrogens (tertiary/aromatic N) is 2. The van der Waals surface area contributed by atoms with Gasteiger partial charge in [0.05, 0.1) is 5.56 Å². The summed E-state index contributed by atoms with van der Waals surface area (Å²) in [5, 5.41) is 0. The number of amides is 1. The van der Waals surface area contributed by atoms with Crippen LogP contribution in [0.4, 0.5) is 4.39 Å². The summed E-state index contributed by atoms with van der Waals surface area (Å²) in [6.07, 6.45) is 0. The molecule has 2 aromatic rings. The molecule has 0 aromatic heterocycles. The minimum atomic E-state index is -3.90. The molecule has 1 fully saturated rings. The monoisotopic (exact) mass is 474 g/mol. The number of carbonyl (C=O) groups is 1. The van der Waals surface area contributed by atoms with Gasteiger partial charge in [0.25, 0.3) is 5.91 Å². The second kappa shape index (κ2) is 7.38. The quantitative estimate of drug-likeness (QED) is 0.643. The Bertz CT molecular complexity index is 896. The maximum absolute atomic E-state index is 13.8. The normalized spacial score (nSPS) is 16.0. The lowest BCUT2D eigenvalue weighted by atomic mass is 10.2. The summed E-state index contributed by atoms with van der Waals surface area (Å²) in [5.41, 5.74) is 0.605. The van der Waals surface area contributed by atoms with Gasteiger partial charge in [-0.15, -0.1) is 0 Å². The Kier molecular flexibility index (Phi) is 5.40. The van der Waals surface area contributed by atoms with Gasteiger partial charge in [-0.1, -0.05) is 24.3 Å². The van der Waals surface area contributed by atoms with Crippen LogP contribution in [0.2, 0.25) is 0 Å². The smallest absolute Gasteiger partial charge is 0.255 e. The van der Waals surface area contributed by atoms with Crippen molar-refractivity contribution in [2.24, 2.45) is 0 Å². The van der Waals surface area contributed by atoms with E-state index in [2.05, 4.69) is 22.6 Å². The van der Waals surface area contributed by atoms with Crippen molar-refractivity contribution in [1.82, 2.24) is 9.21 Å². The lowest BCUT2D eigenvalue weighted by Crippen LogP contribution is -2.50. The molecule has 1 aliphatic rings. The molecule has 1 saturated heterocycles. The average Bonchev–Trinajstić information content (AvgIpc) is 2.62. The van der Waals surface area contributed by atoms with Crippen molar-refractivity contribution < 1.29 is 17.6 Å². The minimum Gasteiger partial charge on any atom is -0.336 e. The highest BCUT2D eigenvalue weighted by Crippen LogP contribution is 2.21. The van der Waals surface area contributed by atoms with Gasteiger partial charge in [-0.05, 0) is 46.9 Å². The van der Waals surface area contributed by atoms with Gasteiger partial charge in [0.2, 0.25) is 10.0 Å². The number of piperazine rings is 1. The van der Waals surface area contributed by atoms with E-state index in [-0.39, 0.29) is 37.0 Å².